The van der Waals surface area contributed by atoms with Gasteiger partial charge >= 0.3 is 0 Å². The van der Waals surface area contributed by atoms with E-state index in [2.05, 4.69) is 16.8 Å². The summed E-state index contributed by atoms with van der Waals surface area (Å²) in [6.45, 7) is 5.98. The number of amides is 2. The molecule has 1 aromatic heterocycles. The van der Waals surface area contributed by atoms with E-state index in [-0.39, 0.29) is 18.4 Å². The first-order valence-electron chi connectivity index (χ1n) is 9.88. The van der Waals surface area contributed by atoms with Crippen LogP contribution in [0.25, 0.3) is 5.57 Å². The number of benzene rings is 1. The molecule has 5 nitrogen and oxygen atoms in total. The summed E-state index contributed by atoms with van der Waals surface area (Å²) in [6, 6.07) is 9.71. The second-order valence-corrected chi connectivity index (χ2v) is 7.63. The number of imide groups is 1. The molecule has 2 aliphatic rings. The summed E-state index contributed by atoms with van der Waals surface area (Å²) in [4.78, 5) is 34.3. The van der Waals surface area contributed by atoms with Crippen molar-refractivity contribution in [1.29, 1.82) is 0 Å². The van der Waals surface area contributed by atoms with Crippen LogP contribution < -0.4 is 0 Å². The second-order valence-electron chi connectivity index (χ2n) is 7.63. The van der Waals surface area contributed by atoms with Crippen LogP contribution in [-0.4, -0.2) is 39.7 Å². The summed E-state index contributed by atoms with van der Waals surface area (Å²) < 4.78 is 0. The first-order valence-corrected chi connectivity index (χ1v) is 9.88. The van der Waals surface area contributed by atoms with Gasteiger partial charge in [-0.25, -0.2) is 0 Å². The Hall–Kier alpha value is -2.95. The van der Waals surface area contributed by atoms with Crippen LogP contribution in [0.2, 0.25) is 0 Å². The molecule has 0 N–H and O–H groups in total. The van der Waals surface area contributed by atoms with Crippen molar-refractivity contribution in [3.63, 3.8) is 0 Å². The molecule has 0 unspecified atom stereocenters. The third-order valence-corrected chi connectivity index (χ3v) is 5.67. The quantitative estimate of drug-likeness (QED) is 0.768. The molecule has 1 fully saturated rings. The minimum atomic E-state index is -0.210. The number of carbonyl (C=O) groups excluding carboxylic acids is 2. The van der Waals surface area contributed by atoms with Crippen LogP contribution in [0.4, 0.5) is 0 Å². The summed E-state index contributed by atoms with van der Waals surface area (Å²) in [5, 5.41) is 0. The maximum atomic E-state index is 13.4. The number of likely N-dealkylation sites (tertiary alicyclic amines) is 1. The average Bonchev–Trinajstić information content (AvgIpc) is 2.96. The van der Waals surface area contributed by atoms with Crippen LogP contribution in [0.15, 0.2) is 48.4 Å². The van der Waals surface area contributed by atoms with E-state index in [0.29, 0.717) is 11.3 Å². The Bertz CT molecular complexity index is 944. The predicted octanol–water partition coefficient (Wildman–Crippen LogP) is 3.46. The molecule has 0 saturated carbocycles. The fourth-order valence-corrected chi connectivity index (χ4v) is 3.95. The highest BCUT2D eigenvalue weighted by molar-refractivity contribution is 6.35. The molecule has 0 bridgehead atoms. The number of pyridine rings is 1. The van der Waals surface area contributed by atoms with Crippen LogP contribution in [0.5, 0.6) is 0 Å². The van der Waals surface area contributed by atoms with Crippen LogP contribution in [0.1, 0.15) is 41.5 Å². The van der Waals surface area contributed by atoms with E-state index in [1.807, 2.05) is 37.3 Å². The van der Waals surface area contributed by atoms with Crippen molar-refractivity contribution in [2.75, 3.05) is 13.1 Å². The topological polar surface area (TPSA) is 53.5 Å². The normalized spacial score (nSPS) is 17.6. The molecule has 2 amide bonds. The third kappa shape index (κ3) is 3.33. The Morgan fingerprint density at radius 1 is 0.964 bits per heavy atom. The summed E-state index contributed by atoms with van der Waals surface area (Å²) >= 11 is 0. The Morgan fingerprint density at radius 2 is 1.75 bits per heavy atom. The van der Waals surface area contributed by atoms with Crippen molar-refractivity contribution in [1.82, 2.24) is 14.8 Å². The highest BCUT2D eigenvalue weighted by atomic mass is 16.2. The maximum absolute atomic E-state index is 13.4. The highest BCUT2D eigenvalue weighted by Gasteiger charge is 2.41. The van der Waals surface area contributed by atoms with E-state index in [1.165, 1.54) is 16.9 Å². The van der Waals surface area contributed by atoms with Crippen molar-refractivity contribution < 1.29 is 9.59 Å². The minimum Gasteiger partial charge on any atom is -0.366 e. The Balaban J connectivity index is 1.76. The van der Waals surface area contributed by atoms with Crippen molar-refractivity contribution in [3.8, 4) is 0 Å². The monoisotopic (exact) mass is 375 g/mol. The van der Waals surface area contributed by atoms with Gasteiger partial charge in [0.25, 0.3) is 11.8 Å². The zero-order valence-corrected chi connectivity index (χ0v) is 16.4. The zero-order chi connectivity index (χ0) is 19.7. The van der Waals surface area contributed by atoms with Gasteiger partial charge in [0.2, 0.25) is 0 Å². The van der Waals surface area contributed by atoms with Gasteiger partial charge in [-0.2, -0.15) is 0 Å². The number of rotatable bonds is 4. The Kier molecular flexibility index (Phi) is 4.99. The van der Waals surface area contributed by atoms with Gasteiger partial charge in [-0.05, 0) is 61.4 Å². The van der Waals surface area contributed by atoms with E-state index in [1.54, 1.807) is 12.4 Å². The molecule has 28 heavy (non-hydrogen) atoms. The number of carbonyl (C=O) groups is 2. The van der Waals surface area contributed by atoms with Crippen LogP contribution in [0, 0.1) is 13.8 Å². The van der Waals surface area contributed by atoms with Gasteiger partial charge in [0.15, 0.2) is 0 Å². The molecule has 0 atom stereocenters. The van der Waals surface area contributed by atoms with Crippen molar-refractivity contribution in [2.24, 2.45) is 0 Å². The predicted molar refractivity (Wildman–Crippen MR) is 108 cm³/mol. The summed E-state index contributed by atoms with van der Waals surface area (Å²) in [7, 11) is 0. The molecular formula is C23H25N3O2. The van der Waals surface area contributed by atoms with E-state index >= 15 is 0 Å². The summed E-state index contributed by atoms with van der Waals surface area (Å²) in [6.07, 6.45) is 6.66. The molecule has 0 radical (unpaired) electrons. The van der Waals surface area contributed by atoms with Crippen LogP contribution >= 0.6 is 0 Å². The molecular weight excluding hydrogens is 350 g/mol. The molecule has 2 aromatic rings. The van der Waals surface area contributed by atoms with E-state index in [4.69, 9.17) is 0 Å². The molecule has 5 heteroatoms. The summed E-state index contributed by atoms with van der Waals surface area (Å²) in [5.41, 5.74) is 5.08. The van der Waals surface area contributed by atoms with Gasteiger partial charge in [0.1, 0.15) is 5.70 Å². The lowest BCUT2D eigenvalue weighted by Crippen LogP contribution is -2.36. The Labute approximate surface area is 165 Å². The molecule has 1 aromatic carbocycles. The molecule has 4 rings (SSSR count). The van der Waals surface area contributed by atoms with Crippen molar-refractivity contribution >= 4 is 17.4 Å². The van der Waals surface area contributed by atoms with Gasteiger partial charge in [0.05, 0.1) is 12.1 Å². The van der Waals surface area contributed by atoms with Crippen molar-refractivity contribution in [3.05, 3.63) is 70.7 Å². The first kappa shape index (κ1) is 18.4. The molecule has 0 aliphatic carbocycles. The number of aromatic nitrogens is 1. The van der Waals surface area contributed by atoms with E-state index in [0.717, 1.165) is 42.6 Å². The maximum Gasteiger partial charge on any atom is 0.278 e. The standard InChI is InChI=1S/C23H25N3O2/c1-16-8-9-19(13-17(16)2)20-21(25-11-4-3-5-12-25)23(28)26(22(20)27)15-18-7-6-10-24-14-18/h6-10,13-14H,3-5,11-12,15H2,1-2H3. The van der Waals surface area contributed by atoms with E-state index in [9.17, 15) is 9.59 Å². The lowest BCUT2D eigenvalue weighted by atomic mass is 9.98. The smallest absolute Gasteiger partial charge is 0.278 e. The van der Waals surface area contributed by atoms with Crippen molar-refractivity contribution in [2.45, 2.75) is 39.7 Å². The molecule has 1 saturated heterocycles. The first-order chi connectivity index (χ1) is 13.6. The average molecular weight is 375 g/mol. The molecule has 144 valence electrons. The molecule has 3 heterocycles. The number of hydrogen-bond acceptors (Lipinski definition) is 4. The van der Waals surface area contributed by atoms with Gasteiger partial charge in [-0.1, -0.05) is 24.3 Å². The lowest BCUT2D eigenvalue weighted by Gasteiger charge is -2.29. The molecule has 2 aliphatic heterocycles. The number of aryl methyl sites for hydroxylation is 2. The van der Waals surface area contributed by atoms with Crippen LogP contribution in [0.3, 0.4) is 0 Å². The number of piperidine rings is 1. The third-order valence-electron chi connectivity index (χ3n) is 5.67. The van der Waals surface area contributed by atoms with Gasteiger partial charge in [-0.15, -0.1) is 0 Å². The van der Waals surface area contributed by atoms with E-state index < -0.39 is 0 Å². The zero-order valence-electron chi connectivity index (χ0n) is 16.4. The van der Waals surface area contributed by atoms with Gasteiger partial charge in [-0.3, -0.25) is 19.5 Å². The van der Waals surface area contributed by atoms with Gasteiger partial charge < -0.3 is 4.90 Å². The largest absolute Gasteiger partial charge is 0.366 e. The fraction of sp³-hybridized carbons (Fsp3) is 0.348. The highest BCUT2D eigenvalue weighted by Crippen LogP contribution is 2.34. The lowest BCUT2D eigenvalue weighted by molar-refractivity contribution is -0.138. The summed E-state index contributed by atoms with van der Waals surface area (Å²) in [5.74, 6) is -0.401. The number of nitrogens with zero attached hydrogens (tertiary/aromatic N) is 3. The minimum absolute atomic E-state index is 0.191. The second kappa shape index (κ2) is 7.58. The van der Waals surface area contributed by atoms with Crippen LogP contribution in [-0.2, 0) is 16.1 Å². The fourth-order valence-electron chi connectivity index (χ4n) is 3.95. The SMILES string of the molecule is Cc1ccc(C2=C(N3CCCCC3)C(=O)N(Cc3cccnc3)C2=O)cc1C. The Morgan fingerprint density at radius 3 is 2.43 bits per heavy atom. The number of hydrogen-bond donors (Lipinski definition) is 0. The van der Waals surface area contributed by atoms with Gasteiger partial charge in [0, 0.05) is 25.5 Å². The molecule has 0 spiro atoms.